The van der Waals surface area contributed by atoms with E-state index in [1.807, 2.05) is 24.3 Å². The molecular formula is C16H21NO3. The van der Waals surface area contributed by atoms with Crippen LogP contribution in [-0.2, 0) is 0 Å². The van der Waals surface area contributed by atoms with Crippen molar-refractivity contribution in [3.63, 3.8) is 0 Å². The minimum absolute atomic E-state index is 0.228. The van der Waals surface area contributed by atoms with E-state index in [0.717, 1.165) is 23.7 Å². The highest BCUT2D eigenvalue weighted by Crippen LogP contribution is 2.32. The molecular weight excluding hydrogens is 254 g/mol. The molecule has 0 aliphatic rings. The topological polar surface area (TPSA) is 61.7 Å². The first-order chi connectivity index (χ1) is 9.72. The third-order valence-electron chi connectivity index (χ3n) is 3.10. The first-order valence-corrected chi connectivity index (χ1v) is 6.94. The molecule has 0 aliphatic carbocycles. The summed E-state index contributed by atoms with van der Waals surface area (Å²) in [6, 6.07) is 10.8. The summed E-state index contributed by atoms with van der Waals surface area (Å²) in [5.74, 6) is 0.908. The van der Waals surface area contributed by atoms with Gasteiger partial charge in [-0.15, -0.1) is 0 Å². The van der Waals surface area contributed by atoms with E-state index in [4.69, 9.17) is 4.74 Å². The summed E-state index contributed by atoms with van der Waals surface area (Å²) in [7, 11) is 0. The van der Waals surface area contributed by atoms with Gasteiger partial charge in [0.15, 0.2) is 0 Å². The number of aromatic hydroxyl groups is 1. The molecule has 108 valence electrons. The Balaban J connectivity index is 2.01. The summed E-state index contributed by atoms with van der Waals surface area (Å²) in [5, 5.41) is 24.4. The largest absolute Gasteiger partial charge is 0.507 e. The number of aliphatic hydroxyl groups excluding tert-OH is 1. The van der Waals surface area contributed by atoms with Crippen LogP contribution in [0.3, 0.4) is 0 Å². The Morgan fingerprint density at radius 2 is 1.90 bits per heavy atom. The van der Waals surface area contributed by atoms with E-state index < -0.39 is 6.10 Å². The maximum absolute atomic E-state index is 9.83. The number of rotatable bonds is 7. The Morgan fingerprint density at radius 3 is 2.65 bits per heavy atom. The molecule has 2 aromatic rings. The summed E-state index contributed by atoms with van der Waals surface area (Å²) in [6.07, 6.45) is 0.491. The lowest BCUT2D eigenvalue weighted by Gasteiger charge is -2.14. The number of aliphatic hydroxyl groups is 1. The number of hydrogen-bond donors (Lipinski definition) is 3. The molecule has 0 aliphatic heterocycles. The van der Waals surface area contributed by atoms with Crippen LogP contribution in [0.25, 0.3) is 10.8 Å². The van der Waals surface area contributed by atoms with Gasteiger partial charge in [0.05, 0.1) is 0 Å². The van der Waals surface area contributed by atoms with Crippen LogP contribution in [-0.4, -0.2) is 36.0 Å². The van der Waals surface area contributed by atoms with Crippen molar-refractivity contribution in [2.45, 2.75) is 19.4 Å². The van der Waals surface area contributed by atoms with Crippen LogP contribution in [0.15, 0.2) is 36.4 Å². The third-order valence-corrected chi connectivity index (χ3v) is 3.10. The average Bonchev–Trinajstić information content (AvgIpc) is 2.47. The fourth-order valence-corrected chi connectivity index (χ4v) is 2.07. The van der Waals surface area contributed by atoms with E-state index in [1.165, 1.54) is 0 Å². The van der Waals surface area contributed by atoms with E-state index in [9.17, 15) is 10.2 Å². The fraction of sp³-hybridized carbons (Fsp3) is 0.375. The number of nitrogens with one attached hydrogen (secondary N) is 1. The van der Waals surface area contributed by atoms with Crippen molar-refractivity contribution in [1.82, 2.24) is 5.32 Å². The van der Waals surface area contributed by atoms with Crippen molar-refractivity contribution in [2.75, 3.05) is 19.7 Å². The van der Waals surface area contributed by atoms with Gasteiger partial charge in [-0.25, -0.2) is 0 Å². The van der Waals surface area contributed by atoms with Crippen LogP contribution in [0.2, 0.25) is 0 Å². The Labute approximate surface area is 119 Å². The molecule has 0 fully saturated rings. The second-order valence-electron chi connectivity index (χ2n) is 4.80. The van der Waals surface area contributed by atoms with Gasteiger partial charge >= 0.3 is 0 Å². The summed E-state index contributed by atoms with van der Waals surface area (Å²) in [4.78, 5) is 0. The Bertz CT molecular complexity index is 556. The van der Waals surface area contributed by atoms with Gasteiger partial charge in [0.25, 0.3) is 0 Å². The first kappa shape index (κ1) is 14.6. The van der Waals surface area contributed by atoms with Gasteiger partial charge in [-0.3, -0.25) is 0 Å². The molecule has 0 heterocycles. The van der Waals surface area contributed by atoms with E-state index >= 15 is 0 Å². The van der Waals surface area contributed by atoms with Crippen molar-refractivity contribution in [2.24, 2.45) is 0 Å². The van der Waals surface area contributed by atoms with E-state index in [-0.39, 0.29) is 12.4 Å². The van der Waals surface area contributed by atoms with Gasteiger partial charge in [0.1, 0.15) is 24.2 Å². The van der Waals surface area contributed by atoms with E-state index in [1.54, 1.807) is 12.1 Å². The second-order valence-corrected chi connectivity index (χ2v) is 4.80. The minimum atomic E-state index is -0.547. The highest BCUT2D eigenvalue weighted by atomic mass is 16.5. The number of phenolic OH excluding ortho intramolecular Hbond substituents is 1. The molecule has 1 atom stereocenters. The van der Waals surface area contributed by atoms with Gasteiger partial charge in [0.2, 0.25) is 0 Å². The smallest absolute Gasteiger partial charge is 0.127 e. The van der Waals surface area contributed by atoms with Crippen LogP contribution >= 0.6 is 0 Å². The zero-order valence-electron chi connectivity index (χ0n) is 11.7. The fourth-order valence-electron chi connectivity index (χ4n) is 2.07. The second kappa shape index (κ2) is 7.12. The molecule has 4 nitrogen and oxygen atoms in total. The summed E-state index contributed by atoms with van der Waals surface area (Å²) in [6.45, 7) is 3.72. The molecule has 4 heteroatoms. The molecule has 2 aromatic carbocycles. The van der Waals surface area contributed by atoms with Gasteiger partial charge in [0, 0.05) is 17.3 Å². The molecule has 0 unspecified atom stereocenters. The molecule has 0 amide bonds. The van der Waals surface area contributed by atoms with Crippen LogP contribution < -0.4 is 10.1 Å². The van der Waals surface area contributed by atoms with Crippen LogP contribution in [0.1, 0.15) is 13.3 Å². The minimum Gasteiger partial charge on any atom is -0.507 e. The molecule has 0 radical (unpaired) electrons. The quantitative estimate of drug-likeness (QED) is 0.678. The highest BCUT2D eigenvalue weighted by molar-refractivity contribution is 5.92. The molecule has 0 spiro atoms. The third kappa shape index (κ3) is 3.62. The summed E-state index contributed by atoms with van der Waals surface area (Å²) < 4.78 is 5.67. The summed E-state index contributed by atoms with van der Waals surface area (Å²) in [5.41, 5.74) is 0. The molecule has 0 bridgehead atoms. The van der Waals surface area contributed by atoms with Crippen LogP contribution in [0.4, 0.5) is 0 Å². The number of benzene rings is 2. The van der Waals surface area contributed by atoms with Gasteiger partial charge in [-0.1, -0.05) is 31.2 Å². The zero-order valence-corrected chi connectivity index (χ0v) is 11.7. The number of ether oxygens (including phenoxy) is 1. The number of fused-ring (bicyclic) bond motifs is 1. The van der Waals surface area contributed by atoms with Gasteiger partial charge in [-0.05, 0) is 25.1 Å². The molecule has 0 aromatic heterocycles. The first-order valence-electron chi connectivity index (χ1n) is 6.94. The SMILES string of the molecule is CCCNC[C@@H](O)COc1ccc(O)c2ccccc12. The van der Waals surface area contributed by atoms with Crippen LogP contribution in [0, 0.1) is 0 Å². The maximum atomic E-state index is 9.83. The maximum Gasteiger partial charge on any atom is 0.127 e. The standard InChI is InChI=1S/C16H21NO3/c1-2-9-17-10-12(18)11-20-16-8-7-15(19)13-5-3-4-6-14(13)16/h3-8,12,17-19H,2,9-11H2,1H3/t12-/m1/s1. The Kier molecular flexibility index (Phi) is 5.21. The predicted molar refractivity (Wildman–Crippen MR) is 80.3 cm³/mol. The number of phenols is 1. The van der Waals surface area contributed by atoms with Crippen molar-refractivity contribution in [3.8, 4) is 11.5 Å². The Morgan fingerprint density at radius 1 is 1.15 bits per heavy atom. The van der Waals surface area contributed by atoms with E-state index in [2.05, 4.69) is 12.2 Å². The van der Waals surface area contributed by atoms with Crippen molar-refractivity contribution in [1.29, 1.82) is 0 Å². The lowest BCUT2D eigenvalue weighted by Crippen LogP contribution is -2.31. The predicted octanol–water partition coefficient (Wildman–Crippen LogP) is 2.28. The summed E-state index contributed by atoms with van der Waals surface area (Å²) >= 11 is 0. The lowest BCUT2D eigenvalue weighted by atomic mass is 10.1. The normalized spacial score (nSPS) is 12.5. The van der Waals surface area contributed by atoms with Crippen molar-refractivity contribution in [3.05, 3.63) is 36.4 Å². The monoisotopic (exact) mass is 275 g/mol. The van der Waals surface area contributed by atoms with Crippen molar-refractivity contribution < 1.29 is 14.9 Å². The van der Waals surface area contributed by atoms with Gasteiger partial charge in [-0.2, -0.15) is 0 Å². The molecule has 0 saturated carbocycles. The van der Waals surface area contributed by atoms with Crippen LogP contribution in [0.5, 0.6) is 11.5 Å². The molecule has 20 heavy (non-hydrogen) atoms. The lowest BCUT2D eigenvalue weighted by molar-refractivity contribution is 0.107. The average molecular weight is 275 g/mol. The molecule has 3 N–H and O–H groups in total. The molecule has 0 saturated heterocycles. The molecule has 2 rings (SSSR count). The number of hydrogen-bond acceptors (Lipinski definition) is 4. The Hall–Kier alpha value is -1.78. The van der Waals surface area contributed by atoms with E-state index in [0.29, 0.717) is 12.3 Å². The van der Waals surface area contributed by atoms with Crippen molar-refractivity contribution >= 4 is 10.8 Å². The zero-order chi connectivity index (χ0) is 14.4. The highest BCUT2D eigenvalue weighted by Gasteiger charge is 2.08. The van der Waals surface area contributed by atoms with Gasteiger partial charge < -0.3 is 20.3 Å².